The van der Waals surface area contributed by atoms with E-state index in [1.165, 1.54) is 7.11 Å². The number of methoxy groups -OCH3 is 1. The Labute approximate surface area is 211 Å². The van der Waals surface area contributed by atoms with E-state index in [2.05, 4.69) is 30.0 Å². The monoisotopic (exact) mass is 489 g/mol. The third-order valence-corrected chi connectivity index (χ3v) is 5.45. The molecule has 0 aromatic heterocycles. The molecule has 8 heteroatoms. The van der Waals surface area contributed by atoms with Gasteiger partial charge in [-0.1, -0.05) is 38.1 Å². The summed E-state index contributed by atoms with van der Waals surface area (Å²) >= 11 is 0. The van der Waals surface area contributed by atoms with Gasteiger partial charge >= 0.3 is 0 Å². The fourth-order valence-corrected chi connectivity index (χ4v) is 3.27. The summed E-state index contributed by atoms with van der Waals surface area (Å²) in [4.78, 5) is 37.8. The van der Waals surface area contributed by atoms with Crippen molar-refractivity contribution in [3.63, 3.8) is 0 Å². The van der Waals surface area contributed by atoms with Crippen molar-refractivity contribution < 1.29 is 23.9 Å². The molecule has 3 aromatic carbocycles. The summed E-state index contributed by atoms with van der Waals surface area (Å²) in [6.07, 6.45) is 0.897. The molecule has 0 fully saturated rings. The van der Waals surface area contributed by atoms with E-state index in [-0.39, 0.29) is 11.5 Å². The minimum absolute atomic E-state index is 0.274. The van der Waals surface area contributed by atoms with Gasteiger partial charge in [0.2, 0.25) is 0 Å². The van der Waals surface area contributed by atoms with Crippen molar-refractivity contribution in [1.29, 1.82) is 0 Å². The lowest BCUT2D eigenvalue weighted by atomic mass is 10.1. The van der Waals surface area contributed by atoms with Crippen molar-refractivity contribution in [1.82, 2.24) is 10.9 Å². The number of carbonyl (C=O) groups excluding carboxylic acids is 3. The summed E-state index contributed by atoms with van der Waals surface area (Å²) in [5.74, 6) is 0.155. The molecule has 0 radical (unpaired) electrons. The van der Waals surface area contributed by atoms with Crippen LogP contribution in [0.5, 0.6) is 11.5 Å². The summed E-state index contributed by atoms with van der Waals surface area (Å²) in [5.41, 5.74) is 7.18. The van der Waals surface area contributed by atoms with Crippen LogP contribution in [0.25, 0.3) is 0 Å². The van der Waals surface area contributed by atoms with E-state index in [1.54, 1.807) is 60.7 Å². The molecule has 0 saturated carbocycles. The molecule has 36 heavy (non-hydrogen) atoms. The average molecular weight is 490 g/mol. The number of anilines is 1. The van der Waals surface area contributed by atoms with Crippen LogP contribution in [0.2, 0.25) is 0 Å². The van der Waals surface area contributed by atoms with Crippen molar-refractivity contribution in [2.45, 2.75) is 27.2 Å². The first-order valence-corrected chi connectivity index (χ1v) is 11.7. The maximum Gasteiger partial charge on any atom is 0.269 e. The largest absolute Gasteiger partial charge is 0.493 e. The molecule has 0 saturated heterocycles. The van der Waals surface area contributed by atoms with Crippen LogP contribution in [0.1, 0.15) is 56.9 Å². The lowest BCUT2D eigenvalue weighted by Crippen LogP contribution is -2.41. The first-order valence-electron chi connectivity index (χ1n) is 11.7. The molecular weight excluding hydrogens is 458 g/mol. The van der Waals surface area contributed by atoms with E-state index in [1.807, 2.05) is 13.0 Å². The van der Waals surface area contributed by atoms with Gasteiger partial charge in [-0.25, -0.2) is 0 Å². The van der Waals surface area contributed by atoms with Gasteiger partial charge in [-0.3, -0.25) is 25.2 Å². The number of aryl methyl sites for hydroxylation is 1. The molecular formula is C28H31N3O5. The molecule has 0 unspecified atom stereocenters. The Hall–Kier alpha value is -4.33. The van der Waals surface area contributed by atoms with Crippen LogP contribution in [0, 0.1) is 12.8 Å². The second kappa shape index (κ2) is 12.4. The quantitative estimate of drug-likeness (QED) is 0.376. The number of ether oxygens (including phenoxy) is 2. The number of benzene rings is 3. The van der Waals surface area contributed by atoms with Gasteiger partial charge in [-0.05, 0) is 67.3 Å². The molecule has 0 aliphatic carbocycles. The second-order valence-corrected chi connectivity index (χ2v) is 8.65. The zero-order valence-electron chi connectivity index (χ0n) is 20.9. The third kappa shape index (κ3) is 7.09. The molecule has 0 heterocycles. The van der Waals surface area contributed by atoms with Gasteiger partial charge < -0.3 is 14.8 Å². The van der Waals surface area contributed by atoms with Crippen LogP contribution in [-0.2, 0) is 0 Å². The van der Waals surface area contributed by atoms with Gasteiger partial charge in [0.1, 0.15) is 0 Å². The van der Waals surface area contributed by atoms with Gasteiger partial charge in [-0.15, -0.1) is 0 Å². The molecule has 8 nitrogen and oxygen atoms in total. The van der Waals surface area contributed by atoms with Crippen LogP contribution < -0.4 is 25.6 Å². The summed E-state index contributed by atoms with van der Waals surface area (Å²) in [6, 6.07) is 18.5. The summed E-state index contributed by atoms with van der Waals surface area (Å²) in [6.45, 7) is 6.59. The van der Waals surface area contributed by atoms with Crippen molar-refractivity contribution >= 4 is 23.4 Å². The molecule has 0 atom stereocenters. The Bertz CT molecular complexity index is 1230. The zero-order chi connectivity index (χ0) is 26.1. The van der Waals surface area contributed by atoms with E-state index >= 15 is 0 Å². The van der Waals surface area contributed by atoms with E-state index in [0.717, 1.165) is 12.0 Å². The number of rotatable bonds is 9. The fraction of sp³-hybridized carbons (Fsp3) is 0.250. The lowest BCUT2D eigenvalue weighted by molar-refractivity contribution is 0.0846. The molecule has 0 aliphatic rings. The van der Waals surface area contributed by atoms with Gasteiger partial charge in [0.25, 0.3) is 17.7 Å². The van der Waals surface area contributed by atoms with Gasteiger partial charge in [0, 0.05) is 22.4 Å². The molecule has 0 aliphatic heterocycles. The number of amides is 3. The predicted molar refractivity (Wildman–Crippen MR) is 138 cm³/mol. The summed E-state index contributed by atoms with van der Waals surface area (Å²) in [7, 11) is 1.50. The van der Waals surface area contributed by atoms with E-state index in [4.69, 9.17) is 9.47 Å². The molecule has 3 aromatic rings. The zero-order valence-corrected chi connectivity index (χ0v) is 20.9. The number of nitrogens with one attached hydrogen (secondary N) is 3. The minimum atomic E-state index is -0.529. The van der Waals surface area contributed by atoms with Gasteiger partial charge in [0.15, 0.2) is 11.5 Å². The Balaban J connectivity index is 1.62. The second-order valence-electron chi connectivity index (χ2n) is 8.65. The Morgan fingerprint density at radius 3 is 2.06 bits per heavy atom. The molecule has 0 spiro atoms. The molecule has 3 N–H and O–H groups in total. The first-order chi connectivity index (χ1) is 17.3. The maximum absolute atomic E-state index is 12.7. The summed E-state index contributed by atoms with van der Waals surface area (Å²) in [5, 5.41) is 2.82. The van der Waals surface area contributed by atoms with Crippen LogP contribution in [-0.4, -0.2) is 31.4 Å². The lowest BCUT2D eigenvalue weighted by Gasteiger charge is -2.14. The minimum Gasteiger partial charge on any atom is -0.493 e. The number of carbonyl (C=O) groups is 3. The highest BCUT2D eigenvalue weighted by atomic mass is 16.5. The van der Waals surface area contributed by atoms with Crippen molar-refractivity contribution in [2.24, 2.45) is 5.92 Å². The fourth-order valence-electron chi connectivity index (χ4n) is 3.27. The highest BCUT2D eigenvalue weighted by Gasteiger charge is 2.15. The molecule has 0 bridgehead atoms. The van der Waals surface area contributed by atoms with Crippen LogP contribution in [0.4, 0.5) is 5.69 Å². The van der Waals surface area contributed by atoms with Crippen molar-refractivity contribution in [3.05, 3.63) is 89.0 Å². The normalized spacial score (nSPS) is 10.5. The van der Waals surface area contributed by atoms with Crippen molar-refractivity contribution in [3.8, 4) is 11.5 Å². The topological polar surface area (TPSA) is 106 Å². The van der Waals surface area contributed by atoms with Crippen LogP contribution in [0.15, 0.2) is 66.7 Å². The standard InChI is InChI=1S/C28H31N3O5/c1-18(2)14-15-36-24-13-12-22(17-25(24)35-4)28(34)31-30-27(33)21-11-10-19(3)23(16-21)29-26(32)20-8-6-5-7-9-20/h5-13,16-18H,14-15H2,1-4H3,(H,29,32)(H,30,33)(H,31,34). The van der Waals surface area contributed by atoms with Gasteiger partial charge in [0.05, 0.1) is 13.7 Å². The predicted octanol–water partition coefficient (Wildman–Crippen LogP) is 4.76. The SMILES string of the molecule is COc1cc(C(=O)NNC(=O)c2ccc(C)c(NC(=O)c3ccccc3)c2)ccc1OCCC(C)C. The highest BCUT2D eigenvalue weighted by Crippen LogP contribution is 2.28. The molecule has 188 valence electrons. The Kier molecular flexibility index (Phi) is 9.05. The van der Waals surface area contributed by atoms with Gasteiger partial charge in [-0.2, -0.15) is 0 Å². The average Bonchev–Trinajstić information content (AvgIpc) is 2.88. The smallest absolute Gasteiger partial charge is 0.269 e. The number of hydrogen-bond donors (Lipinski definition) is 3. The van der Waals surface area contributed by atoms with Crippen LogP contribution in [0.3, 0.4) is 0 Å². The maximum atomic E-state index is 12.7. The van der Waals surface area contributed by atoms with E-state index in [0.29, 0.717) is 40.8 Å². The first kappa shape index (κ1) is 26.3. The van der Waals surface area contributed by atoms with E-state index < -0.39 is 11.8 Å². The Morgan fingerprint density at radius 1 is 0.778 bits per heavy atom. The van der Waals surface area contributed by atoms with E-state index in [9.17, 15) is 14.4 Å². The number of hydrazine groups is 1. The summed E-state index contributed by atoms with van der Waals surface area (Å²) < 4.78 is 11.1. The molecule has 3 rings (SSSR count). The highest BCUT2D eigenvalue weighted by molar-refractivity contribution is 6.06. The third-order valence-electron chi connectivity index (χ3n) is 5.45. The van der Waals surface area contributed by atoms with Crippen molar-refractivity contribution in [2.75, 3.05) is 19.0 Å². The Morgan fingerprint density at radius 2 is 1.42 bits per heavy atom. The number of hydrogen-bond acceptors (Lipinski definition) is 5. The van der Waals surface area contributed by atoms with Crippen LogP contribution >= 0.6 is 0 Å². The molecule has 3 amide bonds.